The number of halogens is 1. The molecule has 3 aromatic carbocycles. The summed E-state index contributed by atoms with van der Waals surface area (Å²) in [5.41, 5.74) is 1.82. The molecule has 37 heavy (non-hydrogen) atoms. The van der Waals surface area contributed by atoms with Crippen molar-refractivity contribution in [2.75, 3.05) is 31.3 Å². The maximum Gasteiger partial charge on any atom is 0.244 e. The summed E-state index contributed by atoms with van der Waals surface area (Å²) >= 11 is 6.04. The molecule has 1 N–H and O–H groups in total. The molecule has 0 bridgehead atoms. The fraction of sp³-hybridized carbons (Fsp3) is 0.259. The van der Waals surface area contributed by atoms with Crippen LogP contribution in [0.2, 0.25) is 5.02 Å². The van der Waals surface area contributed by atoms with Crippen molar-refractivity contribution in [2.45, 2.75) is 19.0 Å². The van der Waals surface area contributed by atoms with E-state index < -0.39 is 28.5 Å². The van der Waals surface area contributed by atoms with E-state index >= 15 is 0 Å². The smallest absolute Gasteiger partial charge is 0.244 e. The van der Waals surface area contributed by atoms with Crippen LogP contribution >= 0.6 is 11.6 Å². The first-order valence-corrected chi connectivity index (χ1v) is 13.8. The first-order chi connectivity index (χ1) is 17.6. The van der Waals surface area contributed by atoms with Gasteiger partial charge in [0.05, 0.1) is 19.1 Å². The number of hydrogen-bond acceptors (Lipinski definition) is 5. The van der Waals surface area contributed by atoms with Gasteiger partial charge in [0, 0.05) is 25.0 Å². The second kappa shape index (κ2) is 12.6. The highest BCUT2D eigenvalue weighted by molar-refractivity contribution is 7.92. The normalized spacial score (nSPS) is 11.9. The van der Waals surface area contributed by atoms with Crippen LogP contribution in [0.4, 0.5) is 5.69 Å². The number of nitrogens with one attached hydrogen (secondary N) is 1. The van der Waals surface area contributed by atoms with E-state index in [2.05, 4.69) is 5.32 Å². The summed E-state index contributed by atoms with van der Waals surface area (Å²) in [7, 11) is -0.951. The van der Waals surface area contributed by atoms with Crippen LogP contribution in [0.25, 0.3) is 0 Å². The van der Waals surface area contributed by atoms with Crippen molar-refractivity contribution in [2.24, 2.45) is 0 Å². The van der Waals surface area contributed by atoms with E-state index in [0.29, 0.717) is 10.8 Å². The Morgan fingerprint density at radius 1 is 0.946 bits per heavy atom. The summed E-state index contributed by atoms with van der Waals surface area (Å²) in [6.45, 7) is -0.445. The Morgan fingerprint density at radius 3 is 2.16 bits per heavy atom. The van der Waals surface area contributed by atoms with Gasteiger partial charge in [-0.2, -0.15) is 0 Å². The van der Waals surface area contributed by atoms with E-state index in [1.54, 1.807) is 48.5 Å². The van der Waals surface area contributed by atoms with Crippen molar-refractivity contribution in [3.63, 3.8) is 0 Å². The molecule has 0 spiro atoms. The van der Waals surface area contributed by atoms with Crippen LogP contribution in [0.15, 0.2) is 78.9 Å². The average Bonchev–Trinajstić information content (AvgIpc) is 2.89. The Kier molecular flexibility index (Phi) is 9.54. The molecule has 10 heteroatoms. The lowest BCUT2D eigenvalue weighted by molar-refractivity contribution is -0.139. The highest BCUT2D eigenvalue weighted by Crippen LogP contribution is 2.30. The number of sulfonamides is 1. The van der Waals surface area contributed by atoms with Gasteiger partial charge in [0.1, 0.15) is 18.3 Å². The molecule has 2 amide bonds. The molecule has 0 aliphatic heterocycles. The lowest BCUT2D eigenvalue weighted by atomic mass is 10.0. The van der Waals surface area contributed by atoms with Gasteiger partial charge < -0.3 is 15.0 Å². The molecule has 0 radical (unpaired) electrons. The number of nitrogens with zero attached hydrogens (tertiary/aromatic N) is 2. The molecule has 0 saturated carbocycles. The van der Waals surface area contributed by atoms with Crippen molar-refractivity contribution < 1.29 is 22.7 Å². The Hall–Kier alpha value is -3.56. The van der Waals surface area contributed by atoms with Gasteiger partial charge in [0.2, 0.25) is 21.8 Å². The second-order valence-corrected chi connectivity index (χ2v) is 10.8. The number of amides is 2. The monoisotopic (exact) mass is 543 g/mol. The average molecular weight is 544 g/mol. The van der Waals surface area contributed by atoms with E-state index in [4.69, 9.17) is 16.3 Å². The van der Waals surface area contributed by atoms with Gasteiger partial charge in [0.25, 0.3) is 0 Å². The molecule has 0 unspecified atom stereocenters. The number of methoxy groups -OCH3 is 1. The molecule has 196 valence electrons. The number of likely N-dealkylation sites (N-methyl/N-ethyl adjacent to an activating group) is 1. The number of carbonyl (C=O) groups excluding carboxylic acids is 2. The Labute approximate surface area is 222 Å². The van der Waals surface area contributed by atoms with Crippen molar-refractivity contribution in [3.8, 4) is 5.75 Å². The summed E-state index contributed by atoms with van der Waals surface area (Å²) in [6.07, 6.45) is 1.27. The minimum absolute atomic E-state index is 0.0739. The third-order valence-corrected chi connectivity index (χ3v) is 7.20. The van der Waals surface area contributed by atoms with Gasteiger partial charge in [-0.15, -0.1) is 0 Å². The first kappa shape index (κ1) is 28.0. The van der Waals surface area contributed by atoms with Crippen LogP contribution in [-0.4, -0.2) is 58.1 Å². The molecule has 0 aliphatic carbocycles. The zero-order chi connectivity index (χ0) is 27.0. The summed E-state index contributed by atoms with van der Waals surface area (Å²) in [5.74, 6) is -0.609. The summed E-state index contributed by atoms with van der Waals surface area (Å²) in [6, 6.07) is 21.9. The van der Waals surface area contributed by atoms with Crippen LogP contribution < -0.4 is 14.4 Å². The van der Waals surface area contributed by atoms with Crippen molar-refractivity contribution >= 4 is 39.1 Å². The van der Waals surface area contributed by atoms with Crippen LogP contribution in [0.5, 0.6) is 5.75 Å². The van der Waals surface area contributed by atoms with Gasteiger partial charge in [-0.3, -0.25) is 13.9 Å². The van der Waals surface area contributed by atoms with E-state index in [9.17, 15) is 18.0 Å². The quantitative estimate of drug-likeness (QED) is 0.399. The third-order valence-electron chi connectivity index (χ3n) is 5.82. The molecule has 8 nitrogen and oxygen atoms in total. The number of rotatable bonds is 11. The molecule has 0 saturated heterocycles. The maximum absolute atomic E-state index is 13.9. The summed E-state index contributed by atoms with van der Waals surface area (Å²) < 4.78 is 32.0. The maximum atomic E-state index is 13.9. The number of ether oxygens (including phenoxy) is 1. The number of benzene rings is 3. The molecular formula is C27H30ClN3O5S. The van der Waals surface area contributed by atoms with E-state index in [1.165, 1.54) is 19.1 Å². The fourth-order valence-electron chi connectivity index (χ4n) is 3.94. The molecule has 3 rings (SSSR count). The lowest BCUT2D eigenvalue weighted by Crippen LogP contribution is -2.52. The van der Waals surface area contributed by atoms with Gasteiger partial charge in [-0.1, -0.05) is 66.2 Å². The number of carbonyl (C=O) groups is 2. The Balaban J connectivity index is 2.04. The first-order valence-electron chi connectivity index (χ1n) is 11.5. The highest BCUT2D eigenvalue weighted by Gasteiger charge is 2.33. The fourth-order valence-corrected chi connectivity index (χ4v) is 4.92. The topological polar surface area (TPSA) is 96.0 Å². The van der Waals surface area contributed by atoms with E-state index in [0.717, 1.165) is 21.7 Å². The van der Waals surface area contributed by atoms with E-state index in [-0.39, 0.29) is 24.6 Å². The Bertz CT molecular complexity index is 1320. The SMILES string of the molecule is CNC(=O)[C@H](Cc1ccccc1)N(Cc1ccc(Cl)cc1)C(=O)CN(c1ccccc1OC)S(C)(=O)=O. The Morgan fingerprint density at radius 2 is 1.57 bits per heavy atom. The van der Waals surface area contributed by atoms with Crippen LogP contribution in [0, 0.1) is 0 Å². The number of anilines is 1. The van der Waals surface area contributed by atoms with Crippen molar-refractivity contribution in [3.05, 3.63) is 95.0 Å². The van der Waals surface area contributed by atoms with Crippen molar-refractivity contribution in [1.82, 2.24) is 10.2 Å². The molecule has 0 heterocycles. The predicted molar refractivity (Wildman–Crippen MR) is 145 cm³/mol. The van der Waals surface area contributed by atoms with Crippen LogP contribution in [0.3, 0.4) is 0 Å². The zero-order valence-corrected chi connectivity index (χ0v) is 22.5. The second-order valence-electron chi connectivity index (χ2n) is 8.41. The van der Waals surface area contributed by atoms with Crippen LogP contribution in [0.1, 0.15) is 11.1 Å². The van der Waals surface area contributed by atoms with Crippen molar-refractivity contribution in [1.29, 1.82) is 0 Å². The minimum Gasteiger partial charge on any atom is -0.495 e. The largest absolute Gasteiger partial charge is 0.495 e. The van der Waals surface area contributed by atoms with E-state index in [1.807, 2.05) is 30.3 Å². The standard InChI is InChI=1S/C27H30ClN3O5S/c1-29-27(33)24(17-20-9-5-4-6-10-20)30(18-21-13-15-22(28)16-14-21)26(32)19-31(37(3,34)35)23-11-7-8-12-25(23)36-2/h4-16,24H,17-19H2,1-3H3,(H,29,33)/t24-/m0/s1. The molecular weight excluding hydrogens is 514 g/mol. The van der Waals surface area contributed by atoms with Gasteiger partial charge >= 0.3 is 0 Å². The molecule has 1 atom stereocenters. The number of hydrogen-bond donors (Lipinski definition) is 1. The van der Waals surface area contributed by atoms with Gasteiger partial charge in [-0.25, -0.2) is 8.42 Å². The highest BCUT2D eigenvalue weighted by atomic mass is 35.5. The summed E-state index contributed by atoms with van der Waals surface area (Å²) in [5, 5.41) is 3.18. The number of para-hydroxylation sites is 2. The molecule has 0 aromatic heterocycles. The zero-order valence-electron chi connectivity index (χ0n) is 20.9. The lowest BCUT2D eigenvalue weighted by Gasteiger charge is -2.33. The summed E-state index contributed by atoms with van der Waals surface area (Å²) in [4.78, 5) is 28.4. The predicted octanol–water partition coefficient (Wildman–Crippen LogP) is 3.50. The third kappa shape index (κ3) is 7.47. The van der Waals surface area contributed by atoms with Crippen LogP contribution in [-0.2, 0) is 32.6 Å². The van der Waals surface area contributed by atoms with Gasteiger partial charge in [-0.05, 0) is 35.4 Å². The molecule has 3 aromatic rings. The minimum atomic E-state index is -3.88. The molecule has 0 aliphatic rings. The molecule has 0 fully saturated rings. The van der Waals surface area contributed by atoms with Gasteiger partial charge in [0.15, 0.2) is 0 Å².